The predicted octanol–water partition coefficient (Wildman–Crippen LogP) is 5.55. The molecule has 1 N–H and O–H groups in total. The van der Waals surface area contributed by atoms with Gasteiger partial charge in [0.2, 0.25) is 0 Å². The number of nitrogens with one attached hydrogen (secondary N) is 1. The lowest BCUT2D eigenvalue weighted by Crippen LogP contribution is -2.38. The van der Waals surface area contributed by atoms with Gasteiger partial charge in [0.25, 0.3) is 5.91 Å². The Bertz CT molecular complexity index is 743. The molecule has 0 saturated heterocycles. The summed E-state index contributed by atoms with van der Waals surface area (Å²) in [5.74, 6) is 2.52. The fourth-order valence-corrected chi connectivity index (χ4v) is 5.10. The maximum absolute atomic E-state index is 12.5. The van der Waals surface area contributed by atoms with Crippen LogP contribution in [0.1, 0.15) is 41.6 Å². The maximum Gasteiger partial charge on any atom is 0.251 e. The number of carbonyl (C=O) groups is 1. The molecule has 0 heterocycles. The third-order valence-electron chi connectivity index (χ3n) is 5.49. The van der Waals surface area contributed by atoms with Crippen molar-refractivity contribution in [3.63, 3.8) is 0 Å². The van der Waals surface area contributed by atoms with E-state index in [0.29, 0.717) is 12.0 Å². The first-order valence-electron chi connectivity index (χ1n) is 8.95. The zero-order valence-electron chi connectivity index (χ0n) is 14.1. The molecule has 130 valence electrons. The molecule has 2 aromatic rings. The summed E-state index contributed by atoms with van der Waals surface area (Å²) in [5.41, 5.74) is 1.99. The van der Waals surface area contributed by atoms with Crippen molar-refractivity contribution in [3.05, 3.63) is 64.7 Å². The third kappa shape index (κ3) is 4.04. The number of amides is 1. The number of fused-ring (bicyclic) bond motifs is 2. The summed E-state index contributed by atoms with van der Waals surface area (Å²) >= 11 is 7.68. The molecule has 25 heavy (non-hydrogen) atoms. The quantitative estimate of drug-likeness (QED) is 0.698. The number of carbonyl (C=O) groups excluding carboxylic acids is 1. The Labute approximate surface area is 158 Å². The second kappa shape index (κ2) is 7.43. The van der Waals surface area contributed by atoms with Crippen LogP contribution in [-0.2, 0) is 5.75 Å². The van der Waals surface area contributed by atoms with Gasteiger partial charge in [0.15, 0.2) is 0 Å². The van der Waals surface area contributed by atoms with E-state index in [1.165, 1.54) is 36.1 Å². The van der Waals surface area contributed by atoms with Crippen molar-refractivity contribution >= 4 is 29.3 Å². The van der Waals surface area contributed by atoms with Crippen LogP contribution in [0.5, 0.6) is 0 Å². The molecule has 2 nitrogen and oxygen atoms in total. The lowest BCUT2D eigenvalue weighted by Gasteiger charge is -2.22. The molecule has 2 fully saturated rings. The second-order valence-corrected chi connectivity index (χ2v) is 8.68. The Morgan fingerprint density at radius 1 is 1.04 bits per heavy atom. The van der Waals surface area contributed by atoms with Gasteiger partial charge in [-0.25, -0.2) is 0 Å². The number of halogens is 1. The largest absolute Gasteiger partial charge is 0.349 e. The van der Waals surface area contributed by atoms with Crippen LogP contribution in [0.3, 0.4) is 0 Å². The molecule has 1 amide bonds. The molecule has 0 spiro atoms. The Balaban J connectivity index is 1.31. The average Bonchev–Trinajstić information content (AvgIpc) is 3.25. The number of rotatable bonds is 5. The molecule has 4 rings (SSSR count). The fourth-order valence-electron chi connectivity index (χ4n) is 4.12. The van der Waals surface area contributed by atoms with Gasteiger partial charge >= 0.3 is 0 Å². The molecule has 2 aromatic carbocycles. The van der Waals surface area contributed by atoms with Crippen molar-refractivity contribution in [2.75, 3.05) is 0 Å². The summed E-state index contributed by atoms with van der Waals surface area (Å²) < 4.78 is 0. The molecule has 0 aromatic heterocycles. The molecule has 0 radical (unpaired) electrons. The smallest absolute Gasteiger partial charge is 0.251 e. The predicted molar refractivity (Wildman–Crippen MR) is 104 cm³/mol. The molecule has 0 unspecified atom stereocenters. The van der Waals surface area contributed by atoms with Gasteiger partial charge in [-0.1, -0.05) is 30.2 Å². The van der Waals surface area contributed by atoms with Gasteiger partial charge < -0.3 is 5.32 Å². The summed E-state index contributed by atoms with van der Waals surface area (Å²) in [7, 11) is 0. The van der Waals surface area contributed by atoms with Gasteiger partial charge in [0.1, 0.15) is 0 Å². The molecule has 4 heteroatoms. The number of hydrogen-bond acceptors (Lipinski definition) is 2. The monoisotopic (exact) mass is 371 g/mol. The van der Waals surface area contributed by atoms with E-state index in [-0.39, 0.29) is 5.91 Å². The summed E-state index contributed by atoms with van der Waals surface area (Å²) in [5, 5.41) is 4.01. The first kappa shape index (κ1) is 17.0. The van der Waals surface area contributed by atoms with Crippen LogP contribution in [0.4, 0.5) is 0 Å². The highest BCUT2D eigenvalue weighted by molar-refractivity contribution is 7.98. The van der Waals surface area contributed by atoms with Crippen molar-refractivity contribution in [1.29, 1.82) is 0 Å². The van der Waals surface area contributed by atoms with Gasteiger partial charge in [0.05, 0.1) is 0 Å². The summed E-state index contributed by atoms with van der Waals surface area (Å²) in [4.78, 5) is 13.7. The Hall–Kier alpha value is -1.45. The van der Waals surface area contributed by atoms with E-state index in [0.717, 1.165) is 22.3 Å². The number of hydrogen-bond donors (Lipinski definition) is 1. The summed E-state index contributed by atoms with van der Waals surface area (Å²) in [6.07, 6.45) is 5.13. The van der Waals surface area contributed by atoms with Crippen LogP contribution in [-0.4, -0.2) is 11.9 Å². The van der Waals surface area contributed by atoms with Gasteiger partial charge in [-0.2, -0.15) is 0 Å². The van der Waals surface area contributed by atoms with Crippen molar-refractivity contribution in [2.24, 2.45) is 11.8 Å². The van der Waals surface area contributed by atoms with E-state index >= 15 is 0 Å². The van der Waals surface area contributed by atoms with Crippen molar-refractivity contribution in [1.82, 2.24) is 5.32 Å². The Morgan fingerprint density at radius 3 is 2.44 bits per heavy atom. The third-order valence-corrected chi connectivity index (χ3v) is 6.82. The second-order valence-electron chi connectivity index (χ2n) is 7.19. The standard InChI is InChI=1S/C21H22ClNOS/c22-18-7-9-19(10-8-18)25-13-14-1-4-16(5-2-14)21(24)23-20-12-15-3-6-17(20)11-15/h1-2,4-5,7-10,15,17,20H,3,6,11-13H2,(H,23,24)/t15-,17+,20+/m0/s1. The Kier molecular flexibility index (Phi) is 5.05. The zero-order valence-corrected chi connectivity index (χ0v) is 15.7. The molecular weight excluding hydrogens is 350 g/mol. The Morgan fingerprint density at radius 2 is 1.80 bits per heavy atom. The van der Waals surface area contributed by atoms with Crippen molar-refractivity contribution < 1.29 is 4.79 Å². The van der Waals surface area contributed by atoms with Crippen LogP contribution in [0.25, 0.3) is 0 Å². The molecule has 2 aliphatic rings. The van der Waals surface area contributed by atoms with Gasteiger partial charge in [-0.05, 0) is 73.1 Å². The lowest BCUT2D eigenvalue weighted by atomic mass is 9.95. The minimum Gasteiger partial charge on any atom is -0.349 e. The van der Waals surface area contributed by atoms with E-state index in [1.54, 1.807) is 11.8 Å². The van der Waals surface area contributed by atoms with E-state index in [9.17, 15) is 4.79 Å². The van der Waals surface area contributed by atoms with Crippen molar-refractivity contribution in [3.8, 4) is 0 Å². The normalized spacial score (nSPS) is 24.4. The van der Waals surface area contributed by atoms with E-state index in [4.69, 9.17) is 11.6 Å². The van der Waals surface area contributed by atoms with Gasteiger partial charge in [-0.15, -0.1) is 11.8 Å². The van der Waals surface area contributed by atoms with E-state index < -0.39 is 0 Å². The number of thioether (sulfide) groups is 1. The van der Waals surface area contributed by atoms with E-state index in [1.807, 2.05) is 36.4 Å². The van der Waals surface area contributed by atoms with Crippen LogP contribution in [0.2, 0.25) is 5.02 Å². The van der Waals surface area contributed by atoms with Crippen LogP contribution in [0, 0.1) is 11.8 Å². The van der Waals surface area contributed by atoms with Crippen LogP contribution in [0.15, 0.2) is 53.4 Å². The van der Waals surface area contributed by atoms with Crippen molar-refractivity contribution in [2.45, 2.75) is 42.4 Å². The zero-order chi connectivity index (χ0) is 17.2. The minimum atomic E-state index is 0.0782. The minimum absolute atomic E-state index is 0.0782. The molecular formula is C21H22ClNOS. The fraction of sp³-hybridized carbons (Fsp3) is 0.381. The summed E-state index contributed by atoms with van der Waals surface area (Å²) in [6.45, 7) is 0. The number of benzene rings is 2. The first-order valence-corrected chi connectivity index (χ1v) is 10.3. The van der Waals surface area contributed by atoms with Gasteiger partial charge in [0, 0.05) is 27.3 Å². The van der Waals surface area contributed by atoms with E-state index in [2.05, 4.69) is 17.4 Å². The summed E-state index contributed by atoms with van der Waals surface area (Å²) in [6, 6.07) is 16.3. The highest BCUT2D eigenvalue weighted by Gasteiger charge is 2.40. The topological polar surface area (TPSA) is 29.1 Å². The van der Waals surface area contributed by atoms with Crippen LogP contribution < -0.4 is 5.32 Å². The molecule has 3 atom stereocenters. The average molecular weight is 372 g/mol. The maximum atomic E-state index is 12.5. The highest BCUT2D eigenvalue weighted by atomic mass is 35.5. The molecule has 2 saturated carbocycles. The van der Waals surface area contributed by atoms with Crippen LogP contribution >= 0.6 is 23.4 Å². The first-order chi connectivity index (χ1) is 12.2. The SMILES string of the molecule is O=C(N[C@@H]1C[C@H]2CC[C@@H]1C2)c1ccc(CSc2ccc(Cl)cc2)cc1. The molecule has 2 aliphatic carbocycles. The molecule has 0 aliphatic heterocycles. The lowest BCUT2D eigenvalue weighted by molar-refractivity contribution is 0.0923. The molecule has 2 bridgehead atoms. The highest BCUT2D eigenvalue weighted by Crippen LogP contribution is 2.44. The van der Waals surface area contributed by atoms with Gasteiger partial charge in [-0.3, -0.25) is 4.79 Å².